The van der Waals surface area contributed by atoms with Gasteiger partial charge in [-0.3, -0.25) is 25.2 Å². The zero-order chi connectivity index (χ0) is 21.0. The van der Waals surface area contributed by atoms with Crippen molar-refractivity contribution in [1.82, 2.24) is 10.9 Å². The van der Waals surface area contributed by atoms with Crippen LogP contribution in [0.4, 0.5) is 10.1 Å². The molecule has 1 fully saturated rings. The maximum atomic E-state index is 12.9. The Morgan fingerprint density at radius 1 is 1.14 bits per heavy atom. The van der Waals surface area contributed by atoms with Crippen molar-refractivity contribution in [2.75, 3.05) is 11.4 Å². The summed E-state index contributed by atoms with van der Waals surface area (Å²) in [5.41, 5.74) is 7.27. The molecule has 2 aromatic carbocycles. The molecule has 2 aromatic rings. The highest BCUT2D eigenvalue weighted by atomic mass is 19.1. The molecule has 1 heterocycles. The number of carbonyl (C=O) groups is 3. The van der Waals surface area contributed by atoms with Crippen LogP contribution in [0.3, 0.4) is 0 Å². The second kappa shape index (κ2) is 8.86. The Bertz CT molecular complexity index is 912. The van der Waals surface area contributed by atoms with Crippen LogP contribution in [0.1, 0.15) is 37.3 Å². The molecule has 7 heteroatoms. The molecule has 0 spiro atoms. The first-order valence-corrected chi connectivity index (χ1v) is 9.57. The fraction of sp³-hybridized carbons (Fsp3) is 0.318. The fourth-order valence-corrected chi connectivity index (χ4v) is 3.25. The minimum Gasteiger partial charge on any atom is -0.312 e. The smallest absolute Gasteiger partial charge is 0.243 e. The largest absolute Gasteiger partial charge is 0.312 e. The molecule has 1 unspecified atom stereocenters. The first-order valence-electron chi connectivity index (χ1n) is 9.57. The number of hydrogen-bond acceptors (Lipinski definition) is 3. The summed E-state index contributed by atoms with van der Waals surface area (Å²) >= 11 is 0. The zero-order valence-corrected chi connectivity index (χ0v) is 16.4. The highest BCUT2D eigenvalue weighted by Crippen LogP contribution is 2.27. The molecule has 0 radical (unpaired) electrons. The third kappa shape index (κ3) is 5.19. The molecule has 3 amide bonds. The molecule has 0 aliphatic carbocycles. The molecule has 1 aliphatic heterocycles. The quantitative estimate of drug-likeness (QED) is 0.762. The number of rotatable bonds is 5. The fourth-order valence-electron chi connectivity index (χ4n) is 3.25. The van der Waals surface area contributed by atoms with Crippen LogP contribution in [-0.4, -0.2) is 24.3 Å². The molecule has 1 saturated heterocycles. The predicted molar refractivity (Wildman–Crippen MR) is 107 cm³/mol. The van der Waals surface area contributed by atoms with Crippen LogP contribution in [-0.2, 0) is 20.8 Å². The Morgan fingerprint density at radius 3 is 2.55 bits per heavy atom. The number of hydrazine groups is 1. The Kier molecular flexibility index (Phi) is 6.26. The van der Waals surface area contributed by atoms with Gasteiger partial charge in [-0.05, 0) is 41.3 Å². The maximum absolute atomic E-state index is 12.9. The monoisotopic (exact) mass is 397 g/mol. The van der Waals surface area contributed by atoms with Gasteiger partial charge < -0.3 is 4.90 Å². The zero-order valence-electron chi connectivity index (χ0n) is 16.4. The van der Waals surface area contributed by atoms with E-state index in [-0.39, 0.29) is 31.1 Å². The Hall–Kier alpha value is -3.22. The van der Waals surface area contributed by atoms with E-state index in [1.807, 2.05) is 24.3 Å². The third-order valence-electron chi connectivity index (χ3n) is 4.95. The van der Waals surface area contributed by atoms with Crippen molar-refractivity contribution in [3.8, 4) is 0 Å². The van der Waals surface area contributed by atoms with Crippen molar-refractivity contribution in [2.45, 2.75) is 32.6 Å². The van der Waals surface area contributed by atoms with Crippen LogP contribution in [0, 0.1) is 11.7 Å². The molecule has 0 saturated carbocycles. The SMILES string of the molecule is CC(C)c1cccc(N2CC(C(=O)NNC(=O)Cc3ccc(F)cc3)CC2=O)c1. The maximum Gasteiger partial charge on any atom is 0.243 e. The van der Waals surface area contributed by atoms with Crippen LogP contribution in [0.25, 0.3) is 0 Å². The summed E-state index contributed by atoms with van der Waals surface area (Å²) in [6.45, 7) is 4.42. The van der Waals surface area contributed by atoms with Crippen molar-refractivity contribution >= 4 is 23.4 Å². The molecule has 2 N–H and O–H groups in total. The first-order chi connectivity index (χ1) is 13.8. The molecule has 1 aliphatic rings. The lowest BCUT2D eigenvalue weighted by molar-refractivity contribution is -0.131. The van der Waals surface area contributed by atoms with Crippen molar-refractivity contribution < 1.29 is 18.8 Å². The van der Waals surface area contributed by atoms with Crippen LogP contribution in [0.15, 0.2) is 48.5 Å². The molecule has 152 valence electrons. The summed E-state index contributed by atoms with van der Waals surface area (Å²) in [5.74, 6) is -1.54. The van der Waals surface area contributed by atoms with E-state index in [2.05, 4.69) is 24.7 Å². The number of halogens is 1. The van der Waals surface area contributed by atoms with Gasteiger partial charge in [0.05, 0.1) is 12.3 Å². The second-order valence-corrected chi connectivity index (χ2v) is 7.50. The van der Waals surface area contributed by atoms with E-state index in [9.17, 15) is 18.8 Å². The van der Waals surface area contributed by atoms with E-state index in [1.165, 1.54) is 24.3 Å². The number of hydrogen-bond donors (Lipinski definition) is 2. The average molecular weight is 397 g/mol. The average Bonchev–Trinajstić information content (AvgIpc) is 3.10. The summed E-state index contributed by atoms with van der Waals surface area (Å²) in [6, 6.07) is 13.3. The summed E-state index contributed by atoms with van der Waals surface area (Å²) in [7, 11) is 0. The van der Waals surface area contributed by atoms with Crippen molar-refractivity contribution in [1.29, 1.82) is 0 Å². The van der Waals surface area contributed by atoms with Crippen molar-refractivity contribution in [3.63, 3.8) is 0 Å². The number of nitrogens with zero attached hydrogens (tertiary/aromatic N) is 1. The highest BCUT2D eigenvalue weighted by Gasteiger charge is 2.35. The molecule has 29 heavy (non-hydrogen) atoms. The minimum atomic E-state index is -0.545. The lowest BCUT2D eigenvalue weighted by Gasteiger charge is -2.18. The number of benzene rings is 2. The van der Waals surface area contributed by atoms with Gasteiger partial charge in [0.1, 0.15) is 5.82 Å². The van der Waals surface area contributed by atoms with Gasteiger partial charge in [-0.1, -0.05) is 38.1 Å². The van der Waals surface area contributed by atoms with Crippen LogP contribution >= 0.6 is 0 Å². The van der Waals surface area contributed by atoms with Gasteiger partial charge in [0.25, 0.3) is 0 Å². The molecule has 6 nitrogen and oxygen atoms in total. The Labute approximate surface area is 169 Å². The van der Waals surface area contributed by atoms with Gasteiger partial charge in [-0.25, -0.2) is 4.39 Å². The van der Waals surface area contributed by atoms with Crippen molar-refractivity contribution in [3.05, 3.63) is 65.5 Å². The van der Waals surface area contributed by atoms with E-state index in [4.69, 9.17) is 0 Å². The molecular formula is C22H24FN3O3. The number of amides is 3. The summed E-state index contributed by atoms with van der Waals surface area (Å²) in [5, 5.41) is 0. The van der Waals surface area contributed by atoms with Gasteiger partial charge in [0.2, 0.25) is 17.7 Å². The predicted octanol–water partition coefficient (Wildman–Crippen LogP) is 2.69. The molecule has 0 aromatic heterocycles. The number of anilines is 1. The first kappa shape index (κ1) is 20.5. The van der Waals surface area contributed by atoms with Crippen LogP contribution in [0.5, 0.6) is 0 Å². The van der Waals surface area contributed by atoms with Gasteiger partial charge in [-0.15, -0.1) is 0 Å². The number of nitrogens with one attached hydrogen (secondary N) is 2. The normalized spacial score (nSPS) is 16.2. The van der Waals surface area contributed by atoms with Gasteiger partial charge in [-0.2, -0.15) is 0 Å². The summed E-state index contributed by atoms with van der Waals surface area (Å²) in [4.78, 5) is 38.4. The van der Waals surface area contributed by atoms with Gasteiger partial charge in [0, 0.05) is 18.7 Å². The topological polar surface area (TPSA) is 78.5 Å². The van der Waals surface area contributed by atoms with Gasteiger partial charge in [0.15, 0.2) is 0 Å². The second-order valence-electron chi connectivity index (χ2n) is 7.50. The van der Waals surface area contributed by atoms with E-state index in [1.54, 1.807) is 4.90 Å². The van der Waals surface area contributed by atoms with E-state index < -0.39 is 17.7 Å². The molecule has 3 rings (SSSR count). The lowest BCUT2D eigenvalue weighted by Crippen LogP contribution is -2.45. The number of carbonyl (C=O) groups excluding carboxylic acids is 3. The highest BCUT2D eigenvalue weighted by molar-refractivity contribution is 6.00. The van der Waals surface area contributed by atoms with E-state index in [0.29, 0.717) is 11.5 Å². The standard InChI is InChI=1S/C22H24FN3O3/c1-14(2)16-4-3-5-19(11-16)26-13-17(12-21(26)28)22(29)25-24-20(27)10-15-6-8-18(23)9-7-15/h3-9,11,14,17H,10,12-13H2,1-2H3,(H,24,27)(H,25,29). The molecular weight excluding hydrogens is 373 g/mol. The van der Waals surface area contributed by atoms with Crippen LogP contribution in [0.2, 0.25) is 0 Å². The van der Waals surface area contributed by atoms with E-state index >= 15 is 0 Å². The Balaban J connectivity index is 1.54. The molecule has 1 atom stereocenters. The Morgan fingerprint density at radius 2 is 1.86 bits per heavy atom. The van der Waals surface area contributed by atoms with E-state index in [0.717, 1.165) is 11.3 Å². The molecule has 0 bridgehead atoms. The minimum absolute atomic E-state index is 0.0122. The lowest BCUT2D eigenvalue weighted by atomic mass is 10.0. The van der Waals surface area contributed by atoms with Crippen molar-refractivity contribution in [2.24, 2.45) is 5.92 Å². The summed E-state index contributed by atoms with van der Waals surface area (Å²) in [6.07, 6.45) is 0.101. The summed E-state index contributed by atoms with van der Waals surface area (Å²) < 4.78 is 12.9. The van der Waals surface area contributed by atoms with Crippen LogP contribution < -0.4 is 15.8 Å². The third-order valence-corrected chi connectivity index (χ3v) is 4.95. The van der Waals surface area contributed by atoms with Gasteiger partial charge >= 0.3 is 0 Å².